The first-order chi connectivity index (χ1) is 12.2. The molecule has 0 spiro atoms. The summed E-state index contributed by atoms with van der Waals surface area (Å²) in [5.41, 5.74) is 1.72. The predicted molar refractivity (Wildman–Crippen MR) is 115 cm³/mol. The maximum Gasteiger partial charge on any atom is 0.195 e. The highest BCUT2D eigenvalue weighted by atomic mass is 127. The largest absolute Gasteiger partial charge is 0.493 e. The third-order valence-corrected chi connectivity index (χ3v) is 3.78. The topological polar surface area (TPSA) is 68.0 Å². The normalized spacial score (nSPS) is 11.0. The lowest BCUT2D eigenvalue weighted by Gasteiger charge is -2.13. The van der Waals surface area contributed by atoms with Crippen LogP contribution in [0.25, 0.3) is 11.0 Å². The van der Waals surface area contributed by atoms with Crippen molar-refractivity contribution >= 4 is 46.6 Å². The van der Waals surface area contributed by atoms with Crippen LogP contribution in [0.2, 0.25) is 0 Å². The number of benzene rings is 2. The van der Waals surface area contributed by atoms with Gasteiger partial charge in [0.1, 0.15) is 11.3 Å². The van der Waals surface area contributed by atoms with Crippen LogP contribution in [-0.4, -0.2) is 27.2 Å². The van der Waals surface area contributed by atoms with Gasteiger partial charge >= 0.3 is 0 Å². The standard InChI is InChI=1S/C19H21N3O3.HI/c1-20-19(22-14-8-9-17(23-2)18(11-14)24-3)21-12-15-10-13-6-4-5-7-16(13)25-15;/h4-11H,12H2,1-3H3,(H2,20,21,22);1H. The molecule has 3 rings (SSSR count). The molecule has 0 bridgehead atoms. The maximum atomic E-state index is 5.80. The summed E-state index contributed by atoms with van der Waals surface area (Å²) in [5.74, 6) is 2.81. The van der Waals surface area contributed by atoms with Crippen molar-refractivity contribution in [3.63, 3.8) is 0 Å². The summed E-state index contributed by atoms with van der Waals surface area (Å²) in [5, 5.41) is 7.54. The van der Waals surface area contributed by atoms with Crippen LogP contribution in [0.1, 0.15) is 5.76 Å². The van der Waals surface area contributed by atoms with Gasteiger partial charge in [0.15, 0.2) is 17.5 Å². The molecule has 0 aliphatic carbocycles. The number of halogens is 1. The molecule has 0 saturated carbocycles. The third kappa shape index (κ3) is 4.60. The van der Waals surface area contributed by atoms with Crippen LogP contribution in [0.15, 0.2) is 57.9 Å². The molecule has 2 aromatic carbocycles. The lowest BCUT2D eigenvalue weighted by molar-refractivity contribution is 0.355. The zero-order chi connectivity index (χ0) is 17.6. The molecule has 0 saturated heterocycles. The van der Waals surface area contributed by atoms with E-state index in [1.165, 1.54) is 0 Å². The quantitative estimate of drug-likeness (QED) is 0.334. The number of fused-ring (bicyclic) bond motifs is 1. The fourth-order valence-corrected chi connectivity index (χ4v) is 2.52. The number of nitrogens with zero attached hydrogens (tertiary/aromatic N) is 1. The highest BCUT2D eigenvalue weighted by Gasteiger charge is 2.07. The van der Waals surface area contributed by atoms with Gasteiger partial charge in [-0.05, 0) is 24.3 Å². The molecule has 0 fully saturated rings. The average molecular weight is 467 g/mol. The van der Waals surface area contributed by atoms with Crippen molar-refractivity contribution in [2.45, 2.75) is 6.54 Å². The summed E-state index contributed by atoms with van der Waals surface area (Å²) in [6.45, 7) is 0.529. The molecule has 0 unspecified atom stereocenters. The van der Waals surface area contributed by atoms with Crippen molar-refractivity contribution in [2.75, 3.05) is 26.6 Å². The number of guanidine groups is 1. The first-order valence-corrected chi connectivity index (χ1v) is 7.90. The number of furan rings is 1. The molecule has 0 atom stereocenters. The van der Waals surface area contributed by atoms with Crippen LogP contribution in [0.5, 0.6) is 11.5 Å². The predicted octanol–water partition coefficient (Wildman–Crippen LogP) is 4.26. The van der Waals surface area contributed by atoms with Crippen LogP contribution < -0.4 is 20.1 Å². The number of ether oxygens (including phenoxy) is 2. The minimum Gasteiger partial charge on any atom is -0.493 e. The van der Waals surface area contributed by atoms with E-state index in [0.29, 0.717) is 24.0 Å². The van der Waals surface area contributed by atoms with Gasteiger partial charge in [-0.2, -0.15) is 0 Å². The Morgan fingerprint density at radius 2 is 1.81 bits per heavy atom. The van der Waals surface area contributed by atoms with Crippen molar-refractivity contribution in [3.8, 4) is 11.5 Å². The van der Waals surface area contributed by atoms with E-state index >= 15 is 0 Å². The minimum atomic E-state index is 0. The summed E-state index contributed by atoms with van der Waals surface area (Å²) in [7, 11) is 4.93. The maximum absolute atomic E-state index is 5.80. The second-order valence-electron chi connectivity index (χ2n) is 5.37. The number of anilines is 1. The highest BCUT2D eigenvalue weighted by Crippen LogP contribution is 2.29. The molecule has 2 N–H and O–H groups in total. The Morgan fingerprint density at radius 3 is 2.50 bits per heavy atom. The second kappa shape index (κ2) is 9.33. The van der Waals surface area contributed by atoms with Gasteiger partial charge in [-0.1, -0.05) is 18.2 Å². The van der Waals surface area contributed by atoms with E-state index in [4.69, 9.17) is 13.9 Å². The number of rotatable bonds is 5. The molecule has 1 aromatic heterocycles. The molecule has 0 radical (unpaired) electrons. The van der Waals surface area contributed by atoms with E-state index in [2.05, 4.69) is 15.6 Å². The number of aliphatic imine (C=N–C) groups is 1. The monoisotopic (exact) mass is 467 g/mol. The molecular weight excluding hydrogens is 445 g/mol. The minimum absolute atomic E-state index is 0. The fraction of sp³-hybridized carbons (Fsp3) is 0.211. The Labute approximate surface area is 169 Å². The van der Waals surface area contributed by atoms with Crippen molar-refractivity contribution in [2.24, 2.45) is 4.99 Å². The molecule has 3 aromatic rings. The second-order valence-corrected chi connectivity index (χ2v) is 5.37. The Hall–Kier alpha value is -2.42. The van der Waals surface area contributed by atoms with Gasteiger partial charge in [0.2, 0.25) is 0 Å². The van der Waals surface area contributed by atoms with Crippen LogP contribution in [0.3, 0.4) is 0 Å². The number of nitrogens with one attached hydrogen (secondary N) is 2. The Morgan fingerprint density at radius 1 is 1.04 bits per heavy atom. The van der Waals surface area contributed by atoms with E-state index < -0.39 is 0 Å². The molecule has 0 aliphatic rings. The molecule has 0 amide bonds. The molecule has 138 valence electrons. The fourth-order valence-electron chi connectivity index (χ4n) is 2.52. The summed E-state index contributed by atoms with van der Waals surface area (Å²) >= 11 is 0. The average Bonchev–Trinajstić information content (AvgIpc) is 3.07. The summed E-state index contributed by atoms with van der Waals surface area (Å²) < 4.78 is 16.4. The van der Waals surface area contributed by atoms with Crippen molar-refractivity contribution < 1.29 is 13.9 Å². The van der Waals surface area contributed by atoms with Crippen LogP contribution in [0, 0.1) is 0 Å². The molecule has 7 heteroatoms. The van der Waals surface area contributed by atoms with E-state index in [0.717, 1.165) is 22.4 Å². The zero-order valence-corrected chi connectivity index (χ0v) is 17.2. The van der Waals surface area contributed by atoms with Gasteiger partial charge in [-0.15, -0.1) is 24.0 Å². The molecule has 0 aliphatic heterocycles. The van der Waals surface area contributed by atoms with Crippen molar-refractivity contribution in [1.82, 2.24) is 5.32 Å². The van der Waals surface area contributed by atoms with E-state index in [1.807, 2.05) is 48.5 Å². The van der Waals surface area contributed by atoms with Gasteiger partial charge < -0.3 is 24.5 Å². The summed E-state index contributed by atoms with van der Waals surface area (Å²) in [6, 6.07) is 15.5. The van der Waals surface area contributed by atoms with Crippen molar-refractivity contribution in [1.29, 1.82) is 0 Å². The Balaban J connectivity index is 0.00000243. The van der Waals surface area contributed by atoms with Gasteiger partial charge in [0.25, 0.3) is 0 Å². The first kappa shape index (κ1) is 19.9. The van der Waals surface area contributed by atoms with Crippen LogP contribution in [-0.2, 0) is 6.54 Å². The SMILES string of the molecule is CN=C(NCc1cc2ccccc2o1)Nc1ccc(OC)c(OC)c1.I. The molecule has 6 nitrogen and oxygen atoms in total. The van der Waals surface area contributed by atoms with Crippen LogP contribution in [0.4, 0.5) is 5.69 Å². The molecule has 1 heterocycles. The van der Waals surface area contributed by atoms with E-state index in [-0.39, 0.29) is 24.0 Å². The van der Waals surface area contributed by atoms with Gasteiger partial charge in [-0.25, -0.2) is 0 Å². The summed E-state index contributed by atoms with van der Waals surface area (Å²) in [6.07, 6.45) is 0. The molecular formula is C19H22IN3O3. The van der Waals surface area contributed by atoms with Crippen LogP contribution >= 0.6 is 24.0 Å². The molecule has 26 heavy (non-hydrogen) atoms. The summed E-state index contributed by atoms with van der Waals surface area (Å²) in [4.78, 5) is 4.23. The zero-order valence-electron chi connectivity index (χ0n) is 14.9. The lowest BCUT2D eigenvalue weighted by atomic mass is 10.2. The highest BCUT2D eigenvalue weighted by molar-refractivity contribution is 14.0. The van der Waals surface area contributed by atoms with Gasteiger partial charge in [0, 0.05) is 24.2 Å². The number of hydrogen-bond donors (Lipinski definition) is 2. The number of methoxy groups -OCH3 is 2. The van der Waals surface area contributed by atoms with Gasteiger partial charge in [0.05, 0.1) is 20.8 Å². The Kier molecular flexibility index (Phi) is 7.14. The first-order valence-electron chi connectivity index (χ1n) is 7.90. The number of para-hydroxylation sites is 1. The van der Waals surface area contributed by atoms with E-state index in [1.54, 1.807) is 21.3 Å². The van der Waals surface area contributed by atoms with Gasteiger partial charge in [-0.3, -0.25) is 4.99 Å². The smallest absolute Gasteiger partial charge is 0.195 e. The third-order valence-electron chi connectivity index (χ3n) is 3.78. The number of hydrogen-bond acceptors (Lipinski definition) is 4. The lowest BCUT2D eigenvalue weighted by Crippen LogP contribution is -2.30. The Bertz CT molecular complexity index is 860. The van der Waals surface area contributed by atoms with E-state index in [9.17, 15) is 0 Å². The van der Waals surface area contributed by atoms with Crippen molar-refractivity contribution in [3.05, 3.63) is 54.3 Å².